The molecular formula is C21H19ClFN3O4. The normalized spacial score (nSPS) is 13.5. The zero-order valence-corrected chi connectivity index (χ0v) is 17.0. The minimum atomic E-state index is -0.508. The molecule has 1 aliphatic rings. The molecule has 0 aliphatic carbocycles. The monoisotopic (exact) mass is 431 g/mol. The van der Waals surface area contributed by atoms with E-state index in [4.69, 9.17) is 26.3 Å². The van der Waals surface area contributed by atoms with Crippen LogP contribution in [0.4, 0.5) is 4.39 Å². The van der Waals surface area contributed by atoms with Gasteiger partial charge in [-0.05, 0) is 30.3 Å². The van der Waals surface area contributed by atoms with Gasteiger partial charge >= 0.3 is 0 Å². The quantitative estimate of drug-likeness (QED) is 0.727. The second-order valence-corrected chi connectivity index (χ2v) is 6.97. The molecule has 0 N–H and O–H groups in total. The van der Waals surface area contributed by atoms with Gasteiger partial charge < -0.3 is 19.3 Å². The van der Waals surface area contributed by atoms with E-state index >= 15 is 0 Å². The number of ether oxygens (including phenoxy) is 2. The lowest BCUT2D eigenvalue weighted by molar-refractivity contribution is -0.134. The summed E-state index contributed by atoms with van der Waals surface area (Å²) in [5.74, 6) is -0.303. The molecule has 0 saturated carbocycles. The van der Waals surface area contributed by atoms with Gasteiger partial charge in [-0.2, -0.15) is 5.26 Å². The third-order valence-electron chi connectivity index (χ3n) is 4.73. The number of amides is 2. The maximum absolute atomic E-state index is 13.2. The summed E-state index contributed by atoms with van der Waals surface area (Å²) in [5, 5.41) is 9.00. The van der Waals surface area contributed by atoms with Crippen molar-refractivity contribution in [2.75, 3.05) is 39.9 Å². The Morgan fingerprint density at radius 3 is 2.43 bits per heavy atom. The Morgan fingerprint density at radius 1 is 1.10 bits per heavy atom. The van der Waals surface area contributed by atoms with Crippen LogP contribution in [0.3, 0.4) is 0 Å². The summed E-state index contributed by atoms with van der Waals surface area (Å²) in [6, 6.07) is 10.3. The van der Waals surface area contributed by atoms with Gasteiger partial charge in [0.2, 0.25) is 0 Å². The van der Waals surface area contributed by atoms with Crippen molar-refractivity contribution < 1.29 is 23.5 Å². The van der Waals surface area contributed by atoms with Crippen LogP contribution in [0, 0.1) is 17.1 Å². The van der Waals surface area contributed by atoms with E-state index in [0.717, 1.165) is 6.07 Å². The van der Waals surface area contributed by atoms with Crippen LogP contribution in [0.1, 0.15) is 15.9 Å². The number of benzene rings is 2. The summed E-state index contributed by atoms with van der Waals surface area (Å²) in [6.07, 6.45) is 0. The topological polar surface area (TPSA) is 82.9 Å². The largest absolute Gasteiger partial charge is 0.493 e. The molecule has 7 nitrogen and oxygen atoms in total. The Balaban J connectivity index is 1.54. The molecule has 156 valence electrons. The fourth-order valence-electron chi connectivity index (χ4n) is 3.08. The van der Waals surface area contributed by atoms with Crippen LogP contribution in [0.15, 0.2) is 36.4 Å². The van der Waals surface area contributed by atoms with E-state index in [0.29, 0.717) is 43.2 Å². The number of carbonyl (C=O) groups is 2. The minimum absolute atomic E-state index is 0.0586. The second kappa shape index (κ2) is 9.46. The third kappa shape index (κ3) is 4.81. The SMILES string of the molecule is COc1cc(C#N)ccc1OCC(=O)N1CCN(C(=O)c2ccc(F)cc2Cl)CC1. The van der Waals surface area contributed by atoms with Gasteiger partial charge in [-0.15, -0.1) is 0 Å². The first-order valence-corrected chi connectivity index (χ1v) is 9.53. The van der Waals surface area contributed by atoms with Crippen molar-refractivity contribution in [1.82, 2.24) is 9.80 Å². The van der Waals surface area contributed by atoms with E-state index in [1.54, 1.807) is 21.9 Å². The molecule has 2 amide bonds. The second-order valence-electron chi connectivity index (χ2n) is 6.56. The molecule has 0 spiro atoms. The molecule has 0 radical (unpaired) electrons. The lowest BCUT2D eigenvalue weighted by Crippen LogP contribution is -2.51. The summed E-state index contributed by atoms with van der Waals surface area (Å²) in [6.45, 7) is 1.16. The number of hydrogen-bond donors (Lipinski definition) is 0. The molecule has 1 fully saturated rings. The highest BCUT2D eigenvalue weighted by atomic mass is 35.5. The summed E-state index contributed by atoms with van der Waals surface area (Å²) in [4.78, 5) is 28.2. The fraction of sp³-hybridized carbons (Fsp3) is 0.286. The molecule has 30 heavy (non-hydrogen) atoms. The molecule has 3 rings (SSSR count). The van der Waals surface area contributed by atoms with Crippen LogP contribution < -0.4 is 9.47 Å². The van der Waals surface area contributed by atoms with E-state index < -0.39 is 5.82 Å². The van der Waals surface area contributed by atoms with Gasteiger partial charge in [0.1, 0.15) is 5.82 Å². The van der Waals surface area contributed by atoms with Crippen LogP contribution in [-0.4, -0.2) is 61.5 Å². The number of nitriles is 1. The fourth-order valence-corrected chi connectivity index (χ4v) is 3.33. The minimum Gasteiger partial charge on any atom is -0.493 e. The van der Waals surface area contributed by atoms with Crippen molar-refractivity contribution in [3.63, 3.8) is 0 Å². The molecule has 0 unspecified atom stereocenters. The van der Waals surface area contributed by atoms with Gasteiger partial charge in [0, 0.05) is 32.2 Å². The Bertz CT molecular complexity index is 1000. The predicted molar refractivity (Wildman–Crippen MR) is 107 cm³/mol. The molecule has 1 aliphatic heterocycles. The Hall–Kier alpha value is -3.31. The zero-order chi connectivity index (χ0) is 21.7. The third-order valence-corrected chi connectivity index (χ3v) is 5.04. The molecule has 9 heteroatoms. The van der Waals surface area contributed by atoms with Crippen molar-refractivity contribution >= 4 is 23.4 Å². The van der Waals surface area contributed by atoms with Gasteiger partial charge in [0.25, 0.3) is 11.8 Å². The van der Waals surface area contributed by atoms with Crippen LogP contribution >= 0.6 is 11.6 Å². The standard InChI is InChI=1S/C21H19ClFN3O4/c1-29-19-10-14(12-24)2-5-18(19)30-13-20(27)25-6-8-26(9-7-25)21(28)16-4-3-15(23)11-17(16)22/h2-5,10-11H,6-9,13H2,1H3. The zero-order valence-electron chi connectivity index (χ0n) is 16.2. The molecule has 0 atom stereocenters. The number of rotatable bonds is 5. The van der Waals surface area contributed by atoms with E-state index in [2.05, 4.69) is 0 Å². The van der Waals surface area contributed by atoms with Gasteiger partial charge in [0.15, 0.2) is 18.1 Å². The summed E-state index contributed by atoms with van der Waals surface area (Å²) < 4.78 is 23.9. The van der Waals surface area contributed by atoms with Gasteiger partial charge in [-0.1, -0.05) is 11.6 Å². The molecule has 0 aromatic heterocycles. The number of halogens is 2. The van der Waals surface area contributed by atoms with E-state index in [1.165, 1.54) is 25.3 Å². The number of methoxy groups -OCH3 is 1. The smallest absolute Gasteiger partial charge is 0.260 e. The average Bonchev–Trinajstić information content (AvgIpc) is 2.77. The lowest BCUT2D eigenvalue weighted by Gasteiger charge is -2.34. The highest BCUT2D eigenvalue weighted by molar-refractivity contribution is 6.33. The van der Waals surface area contributed by atoms with E-state index in [9.17, 15) is 14.0 Å². The Kier molecular flexibility index (Phi) is 6.75. The average molecular weight is 432 g/mol. The van der Waals surface area contributed by atoms with Crippen molar-refractivity contribution in [3.05, 3.63) is 58.4 Å². The first kappa shape index (κ1) is 21.4. The van der Waals surface area contributed by atoms with Crippen LogP contribution in [0.25, 0.3) is 0 Å². The number of piperazine rings is 1. The van der Waals surface area contributed by atoms with Crippen molar-refractivity contribution in [2.45, 2.75) is 0 Å². The maximum atomic E-state index is 13.2. The van der Waals surface area contributed by atoms with Crippen molar-refractivity contribution in [2.24, 2.45) is 0 Å². The van der Waals surface area contributed by atoms with Crippen molar-refractivity contribution in [3.8, 4) is 17.6 Å². The highest BCUT2D eigenvalue weighted by Crippen LogP contribution is 2.28. The predicted octanol–water partition coefficient (Wildman–Crippen LogP) is 2.72. The number of nitrogens with zero attached hydrogens (tertiary/aromatic N) is 3. The molecular weight excluding hydrogens is 413 g/mol. The van der Waals surface area contributed by atoms with Crippen molar-refractivity contribution in [1.29, 1.82) is 5.26 Å². The van der Waals surface area contributed by atoms with Crippen LogP contribution in [0.2, 0.25) is 5.02 Å². The first-order valence-electron chi connectivity index (χ1n) is 9.16. The van der Waals surface area contributed by atoms with Gasteiger partial charge in [-0.3, -0.25) is 9.59 Å². The Morgan fingerprint density at radius 2 is 1.80 bits per heavy atom. The Labute approximate surface area is 178 Å². The molecule has 1 saturated heterocycles. The number of carbonyl (C=O) groups excluding carboxylic acids is 2. The van der Waals surface area contributed by atoms with Crippen LogP contribution in [-0.2, 0) is 4.79 Å². The van der Waals surface area contributed by atoms with Gasteiger partial charge in [-0.25, -0.2) is 4.39 Å². The highest BCUT2D eigenvalue weighted by Gasteiger charge is 2.26. The maximum Gasteiger partial charge on any atom is 0.260 e. The first-order chi connectivity index (χ1) is 14.4. The summed E-state index contributed by atoms with van der Waals surface area (Å²) in [7, 11) is 1.45. The van der Waals surface area contributed by atoms with Crippen LogP contribution in [0.5, 0.6) is 11.5 Å². The summed E-state index contributed by atoms with van der Waals surface area (Å²) >= 11 is 5.97. The van der Waals surface area contributed by atoms with E-state index in [1.807, 2.05) is 6.07 Å². The molecule has 2 aromatic rings. The molecule has 0 bridgehead atoms. The molecule has 2 aromatic carbocycles. The van der Waals surface area contributed by atoms with E-state index in [-0.39, 0.29) is 29.0 Å². The number of hydrogen-bond acceptors (Lipinski definition) is 5. The summed E-state index contributed by atoms with van der Waals surface area (Å²) in [5.41, 5.74) is 0.654. The molecule has 1 heterocycles. The van der Waals surface area contributed by atoms with Gasteiger partial charge in [0.05, 0.1) is 29.3 Å². The lowest BCUT2D eigenvalue weighted by atomic mass is 10.1.